The van der Waals surface area contributed by atoms with E-state index in [1.807, 2.05) is 52.0 Å². The molecule has 4 aromatic carbocycles. The number of carboxylic acid groups (broad SMARTS) is 1. The standard InChI is InChI=1S/C10H12O2.C9H9BrO2.C9H11NO2.C8H7BrO2/c1-7-4-5-9(8(2)6-7)10(11)12-3;2*1-6-5-7(10)3-4-8(6)9(11)12-2;1-5-4-6(9)2-3-7(5)8(10)11/h4-6H,1-3H3;3-5H,1-2H3;3-5H,10H2,1-2H3;2-4H,1H3,(H,10,11). The van der Waals surface area contributed by atoms with Crippen LogP contribution in [0.15, 0.2) is 81.7 Å². The second-order valence-corrected chi connectivity index (χ2v) is 11.9. The molecule has 0 aliphatic heterocycles. The second-order valence-electron chi connectivity index (χ2n) is 10.1. The van der Waals surface area contributed by atoms with Crippen molar-refractivity contribution in [3.8, 4) is 0 Å². The molecule has 3 N–H and O–H groups in total. The third-order valence-electron chi connectivity index (χ3n) is 6.46. The average molecular weight is 774 g/mol. The molecule has 9 nitrogen and oxygen atoms in total. The molecule has 11 heteroatoms. The highest BCUT2D eigenvalue weighted by Crippen LogP contribution is 2.17. The van der Waals surface area contributed by atoms with Crippen LogP contribution in [0.2, 0.25) is 0 Å². The predicted molar refractivity (Wildman–Crippen MR) is 190 cm³/mol. The number of halogens is 2. The van der Waals surface area contributed by atoms with Crippen molar-refractivity contribution in [3.63, 3.8) is 0 Å². The molecular weight excluding hydrogens is 734 g/mol. The number of hydrogen-bond donors (Lipinski definition) is 2. The zero-order valence-corrected chi connectivity index (χ0v) is 30.7. The maximum Gasteiger partial charge on any atom is 0.338 e. The van der Waals surface area contributed by atoms with Gasteiger partial charge in [0.25, 0.3) is 0 Å². The Balaban J connectivity index is 0.000000314. The van der Waals surface area contributed by atoms with Gasteiger partial charge in [-0.05, 0) is 118 Å². The maximum absolute atomic E-state index is 11.1. The minimum absolute atomic E-state index is 0.271. The molecule has 0 spiro atoms. The second kappa shape index (κ2) is 19.9. The first-order valence-electron chi connectivity index (χ1n) is 14.0. The topological polar surface area (TPSA) is 142 Å². The lowest BCUT2D eigenvalue weighted by Crippen LogP contribution is -2.03. The summed E-state index contributed by atoms with van der Waals surface area (Å²) in [5.41, 5.74) is 13.0. The molecule has 0 unspecified atom stereocenters. The Morgan fingerprint density at radius 1 is 0.532 bits per heavy atom. The molecule has 0 amide bonds. The first-order valence-corrected chi connectivity index (χ1v) is 15.6. The van der Waals surface area contributed by atoms with Crippen LogP contribution in [0, 0.1) is 34.6 Å². The molecule has 4 rings (SSSR count). The number of hydrogen-bond acceptors (Lipinski definition) is 8. The summed E-state index contributed by atoms with van der Waals surface area (Å²) in [5, 5.41) is 8.64. The van der Waals surface area contributed by atoms with Crippen LogP contribution in [0.3, 0.4) is 0 Å². The summed E-state index contributed by atoms with van der Waals surface area (Å²) in [6.07, 6.45) is 0. The van der Waals surface area contributed by atoms with Crippen LogP contribution in [0.25, 0.3) is 0 Å². The van der Waals surface area contributed by atoms with E-state index in [2.05, 4.69) is 46.1 Å². The quantitative estimate of drug-likeness (QED) is 0.119. The number of benzene rings is 4. The summed E-state index contributed by atoms with van der Waals surface area (Å²) in [5.74, 6) is -1.77. The van der Waals surface area contributed by atoms with E-state index in [1.165, 1.54) is 21.3 Å². The molecule has 0 bridgehead atoms. The first-order chi connectivity index (χ1) is 22.1. The third-order valence-corrected chi connectivity index (χ3v) is 7.44. The molecule has 0 aliphatic rings. The van der Waals surface area contributed by atoms with Crippen molar-refractivity contribution in [2.45, 2.75) is 34.6 Å². The van der Waals surface area contributed by atoms with Crippen molar-refractivity contribution in [1.82, 2.24) is 0 Å². The molecule has 4 aromatic rings. The molecule has 0 aliphatic carbocycles. The summed E-state index contributed by atoms with van der Waals surface area (Å²) in [4.78, 5) is 43.8. The van der Waals surface area contributed by atoms with Gasteiger partial charge in [-0.2, -0.15) is 0 Å². The Hall–Kier alpha value is -4.48. The van der Waals surface area contributed by atoms with Gasteiger partial charge in [0.2, 0.25) is 0 Å². The lowest BCUT2D eigenvalue weighted by atomic mass is 10.1. The van der Waals surface area contributed by atoms with Gasteiger partial charge >= 0.3 is 23.9 Å². The molecule has 47 heavy (non-hydrogen) atoms. The summed E-state index contributed by atoms with van der Waals surface area (Å²) < 4.78 is 15.7. The van der Waals surface area contributed by atoms with E-state index < -0.39 is 5.97 Å². The maximum atomic E-state index is 11.1. The number of ether oxygens (including phenoxy) is 3. The van der Waals surface area contributed by atoms with Crippen molar-refractivity contribution < 1.29 is 38.5 Å². The van der Waals surface area contributed by atoms with E-state index in [1.54, 1.807) is 55.5 Å². The molecule has 0 fully saturated rings. The summed E-state index contributed by atoms with van der Waals surface area (Å²) in [6.45, 7) is 9.36. The Labute approximate surface area is 292 Å². The van der Waals surface area contributed by atoms with Gasteiger partial charge in [-0.25, -0.2) is 19.2 Å². The fourth-order valence-electron chi connectivity index (χ4n) is 4.01. The van der Waals surface area contributed by atoms with Gasteiger partial charge in [-0.15, -0.1) is 0 Å². The van der Waals surface area contributed by atoms with Crippen LogP contribution >= 0.6 is 31.9 Å². The number of carboxylic acids is 1. The van der Waals surface area contributed by atoms with Crippen molar-refractivity contribution in [2.24, 2.45) is 0 Å². The zero-order valence-electron chi connectivity index (χ0n) is 27.6. The number of methoxy groups -OCH3 is 3. The van der Waals surface area contributed by atoms with Crippen molar-refractivity contribution in [2.75, 3.05) is 27.1 Å². The smallest absolute Gasteiger partial charge is 0.338 e. The zero-order chi connectivity index (χ0) is 35.8. The number of esters is 3. The number of aryl methyl sites for hydroxylation is 5. The molecule has 0 radical (unpaired) electrons. The van der Waals surface area contributed by atoms with Crippen molar-refractivity contribution in [3.05, 3.63) is 132 Å². The summed E-state index contributed by atoms with van der Waals surface area (Å²) in [6, 6.07) is 21.3. The SMILES string of the molecule is COC(=O)c1ccc(Br)cc1C.COC(=O)c1ccc(C)cc1C.COC(=O)c1ccc(N)cc1C.Cc1cc(Br)ccc1C(=O)O. The summed E-state index contributed by atoms with van der Waals surface area (Å²) >= 11 is 6.57. The fraction of sp³-hybridized carbons (Fsp3) is 0.222. The van der Waals surface area contributed by atoms with Crippen LogP contribution in [0.4, 0.5) is 5.69 Å². The van der Waals surface area contributed by atoms with Crippen molar-refractivity contribution >= 4 is 61.4 Å². The van der Waals surface area contributed by atoms with E-state index in [9.17, 15) is 19.2 Å². The van der Waals surface area contributed by atoms with Crippen LogP contribution < -0.4 is 5.73 Å². The highest BCUT2D eigenvalue weighted by atomic mass is 79.9. The average Bonchev–Trinajstić information content (AvgIpc) is 3.01. The molecule has 0 heterocycles. The first kappa shape index (κ1) is 40.5. The van der Waals surface area contributed by atoms with Crippen LogP contribution in [-0.4, -0.2) is 50.3 Å². The molecule has 0 saturated heterocycles. The van der Waals surface area contributed by atoms with Gasteiger partial charge in [-0.3, -0.25) is 0 Å². The van der Waals surface area contributed by atoms with E-state index in [-0.39, 0.29) is 17.9 Å². The van der Waals surface area contributed by atoms with Crippen LogP contribution in [0.5, 0.6) is 0 Å². The minimum Gasteiger partial charge on any atom is -0.478 e. The van der Waals surface area contributed by atoms with Crippen LogP contribution in [0.1, 0.15) is 69.2 Å². The van der Waals surface area contributed by atoms with Crippen LogP contribution in [-0.2, 0) is 14.2 Å². The Kier molecular flexibility index (Phi) is 17.2. The lowest BCUT2D eigenvalue weighted by molar-refractivity contribution is 0.0591. The van der Waals surface area contributed by atoms with Gasteiger partial charge in [0.1, 0.15) is 0 Å². The monoisotopic (exact) mass is 771 g/mol. The Bertz CT molecular complexity index is 1570. The molecule has 0 saturated carbocycles. The molecule has 0 aromatic heterocycles. The number of anilines is 1. The Morgan fingerprint density at radius 3 is 1.21 bits per heavy atom. The molecule has 0 atom stereocenters. The largest absolute Gasteiger partial charge is 0.478 e. The van der Waals surface area contributed by atoms with E-state index in [0.29, 0.717) is 27.9 Å². The third kappa shape index (κ3) is 13.4. The van der Waals surface area contributed by atoms with E-state index in [4.69, 9.17) is 10.8 Å². The number of nitrogens with two attached hydrogens (primary N) is 1. The highest BCUT2D eigenvalue weighted by molar-refractivity contribution is 9.10. The van der Waals surface area contributed by atoms with E-state index >= 15 is 0 Å². The molecular formula is C36H39Br2NO8. The number of rotatable bonds is 4. The summed E-state index contributed by atoms with van der Waals surface area (Å²) in [7, 11) is 4.13. The lowest BCUT2D eigenvalue weighted by Gasteiger charge is -2.03. The van der Waals surface area contributed by atoms with Gasteiger partial charge in [0.05, 0.1) is 43.6 Å². The van der Waals surface area contributed by atoms with Gasteiger partial charge in [-0.1, -0.05) is 49.6 Å². The van der Waals surface area contributed by atoms with Gasteiger partial charge in [0, 0.05) is 14.6 Å². The van der Waals surface area contributed by atoms with Gasteiger partial charge in [0.15, 0.2) is 0 Å². The Morgan fingerprint density at radius 2 is 0.872 bits per heavy atom. The van der Waals surface area contributed by atoms with Crippen molar-refractivity contribution in [1.29, 1.82) is 0 Å². The molecule has 250 valence electrons. The number of aromatic carboxylic acids is 1. The number of carbonyl (C=O) groups excluding carboxylic acids is 3. The minimum atomic E-state index is -0.880. The van der Waals surface area contributed by atoms with E-state index in [0.717, 1.165) is 36.8 Å². The number of nitrogen functional groups attached to an aromatic ring is 1. The predicted octanol–water partition coefficient (Wildman–Crippen LogP) is 8.45. The van der Waals surface area contributed by atoms with Gasteiger partial charge < -0.3 is 25.1 Å². The highest BCUT2D eigenvalue weighted by Gasteiger charge is 2.10. The fourth-order valence-corrected chi connectivity index (χ4v) is 4.96. The normalized spacial score (nSPS) is 9.57. The number of carbonyl (C=O) groups is 4.